The molecule has 1 aromatic heterocycles. The van der Waals surface area contributed by atoms with Gasteiger partial charge in [0.15, 0.2) is 0 Å². The third-order valence-corrected chi connectivity index (χ3v) is 13.7. The van der Waals surface area contributed by atoms with Crippen molar-refractivity contribution in [3.63, 3.8) is 0 Å². The van der Waals surface area contributed by atoms with Crippen molar-refractivity contribution in [3.05, 3.63) is 271 Å². The summed E-state index contributed by atoms with van der Waals surface area (Å²) in [5, 5.41) is 6.85. The lowest BCUT2D eigenvalue weighted by atomic mass is 9.67. The van der Waals surface area contributed by atoms with Crippen molar-refractivity contribution >= 4 is 60.5 Å². The summed E-state index contributed by atoms with van der Waals surface area (Å²) in [5.74, 6) is 0. The molecule has 0 bridgehead atoms. The second-order valence-electron chi connectivity index (χ2n) is 17.1. The van der Waals surface area contributed by atoms with Gasteiger partial charge in [-0.1, -0.05) is 212 Å². The van der Waals surface area contributed by atoms with E-state index in [1.54, 1.807) is 0 Å². The van der Waals surface area contributed by atoms with Crippen molar-refractivity contribution in [1.29, 1.82) is 0 Å². The molecule has 0 saturated carbocycles. The van der Waals surface area contributed by atoms with Gasteiger partial charge in [0.1, 0.15) is 11.2 Å². The summed E-state index contributed by atoms with van der Waals surface area (Å²) in [6.07, 6.45) is 0. The van der Waals surface area contributed by atoms with Crippen LogP contribution in [0.2, 0.25) is 0 Å². The largest absolute Gasteiger partial charge is 0.455 e. The first-order chi connectivity index (χ1) is 32.3. The van der Waals surface area contributed by atoms with E-state index < -0.39 is 5.41 Å². The fraction of sp³-hybridized carbons (Fsp3) is 0.0159. The molecule has 2 heteroatoms. The Hall–Kier alpha value is -8.46. The quantitative estimate of drug-likeness (QED) is 0.159. The number of furan rings is 1. The molecule has 0 saturated heterocycles. The van der Waals surface area contributed by atoms with Gasteiger partial charge in [-0.05, 0) is 103 Å². The molecule has 0 fully saturated rings. The van der Waals surface area contributed by atoms with E-state index in [-0.39, 0.29) is 0 Å². The van der Waals surface area contributed by atoms with Crippen LogP contribution in [-0.4, -0.2) is 0 Å². The summed E-state index contributed by atoms with van der Waals surface area (Å²) in [4.78, 5) is 2.48. The first kappa shape index (κ1) is 37.1. The van der Waals surface area contributed by atoms with E-state index in [0.29, 0.717) is 0 Å². The lowest BCUT2D eigenvalue weighted by molar-refractivity contribution is 0.672. The monoisotopic (exact) mass is 827 g/mol. The molecule has 1 aliphatic carbocycles. The van der Waals surface area contributed by atoms with Gasteiger partial charge in [0.2, 0.25) is 0 Å². The number of hydrogen-bond donors (Lipinski definition) is 0. The van der Waals surface area contributed by atoms with Crippen LogP contribution in [0.4, 0.5) is 17.1 Å². The lowest BCUT2D eigenvalue weighted by Gasteiger charge is -2.35. The zero-order chi connectivity index (χ0) is 42.9. The van der Waals surface area contributed by atoms with Crippen molar-refractivity contribution in [2.24, 2.45) is 0 Å². The van der Waals surface area contributed by atoms with E-state index in [4.69, 9.17) is 4.42 Å². The van der Waals surface area contributed by atoms with Gasteiger partial charge in [0.25, 0.3) is 0 Å². The maximum atomic E-state index is 7.06. The van der Waals surface area contributed by atoms with Crippen molar-refractivity contribution in [3.8, 4) is 33.4 Å². The second-order valence-corrected chi connectivity index (χ2v) is 17.1. The van der Waals surface area contributed by atoms with Crippen LogP contribution in [0.5, 0.6) is 0 Å². The van der Waals surface area contributed by atoms with E-state index >= 15 is 0 Å². The molecule has 12 aromatic rings. The Morgan fingerprint density at radius 1 is 0.338 bits per heavy atom. The molecule has 0 aliphatic heterocycles. The highest BCUT2D eigenvalue weighted by Gasteiger charge is 2.46. The predicted molar refractivity (Wildman–Crippen MR) is 272 cm³/mol. The Labute approximate surface area is 377 Å². The molecule has 13 rings (SSSR count). The van der Waals surface area contributed by atoms with Crippen molar-refractivity contribution in [2.45, 2.75) is 5.41 Å². The smallest absolute Gasteiger partial charge is 0.143 e. The zero-order valence-electron chi connectivity index (χ0n) is 35.5. The molecule has 0 N–H and O–H groups in total. The number of rotatable bonds is 7. The van der Waals surface area contributed by atoms with Gasteiger partial charge in [-0.2, -0.15) is 0 Å². The van der Waals surface area contributed by atoms with E-state index in [0.717, 1.165) is 55.5 Å². The summed E-state index contributed by atoms with van der Waals surface area (Å²) in [7, 11) is 0. The Kier molecular flexibility index (Phi) is 8.47. The zero-order valence-corrected chi connectivity index (χ0v) is 35.5. The van der Waals surface area contributed by atoms with Gasteiger partial charge < -0.3 is 9.32 Å². The fourth-order valence-electron chi connectivity index (χ4n) is 11.0. The van der Waals surface area contributed by atoms with E-state index in [1.807, 2.05) is 0 Å². The van der Waals surface area contributed by atoms with Crippen molar-refractivity contribution in [2.75, 3.05) is 4.90 Å². The van der Waals surface area contributed by atoms with E-state index in [9.17, 15) is 0 Å². The van der Waals surface area contributed by atoms with Crippen LogP contribution in [0.15, 0.2) is 253 Å². The van der Waals surface area contributed by atoms with Gasteiger partial charge in [-0.25, -0.2) is 0 Å². The van der Waals surface area contributed by atoms with Gasteiger partial charge >= 0.3 is 0 Å². The van der Waals surface area contributed by atoms with Gasteiger partial charge in [0, 0.05) is 22.0 Å². The summed E-state index contributed by atoms with van der Waals surface area (Å²) >= 11 is 0. The van der Waals surface area contributed by atoms with Crippen LogP contribution >= 0.6 is 0 Å². The molecule has 0 amide bonds. The summed E-state index contributed by atoms with van der Waals surface area (Å²) < 4.78 is 7.06. The Balaban J connectivity index is 1.14. The third kappa shape index (κ3) is 5.60. The van der Waals surface area contributed by atoms with Gasteiger partial charge in [0.05, 0.1) is 22.2 Å². The average Bonchev–Trinajstić information content (AvgIpc) is 3.91. The molecule has 0 radical (unpaired) electrons. The maximum absolute atomic E-state index is 7.06. The van der Waals surface area contributed by atoms with Crippen LogP contribution < -0.4 is 4.90 Å². The van der Waals surface area contributed by atoms with Gasteiger partial charge in [-0.15, -0.1) is 0 Å². The summed E-state index contributed by atoms with van der Waals surface area (Å²) in [6, 6.07) is 90.8. The number of anilines is 3. The molecule has 0 spiro atoms. The Morgan fingerprint density at radius 3 is 1.69 bits per heavy atom. The number of fused-ring (bicyclic) bond motifs is 9. The molecule has 1 heterocycles. The minimum Gasteiger partial charge on any atom is -0.455 e. The van der Waals surface area contributed by atoms with Crippen LogP contribution in [0.25, 0.3) is 76.9 Å². The number of para-hydroxylation sites is 1. The molecule has 0 atom stereocenters. The first-order valence-corrected chi connectivity index (χ1v) is 22.4. The molecule has 65 heavy (non-hydrogen) atoms. The molecular weight excluding hydrogens is 787 g/mol. The van der Waals surface area contributed by atoms with Crippen LogP contribution in [-0.2, 0) is 5.41 Å². The SMILES string of the molecule is c1ccc(-c2ccccc2N(c2ccc3c(c2)C(c2ccccc2)(c2ccccc2)c2ccccc2-3)c2cccc3oc4c5ccccc5c(-c5cccc6ccccc56)cc4c23)cc1. The normalized spacial score (nSPS) is 12.7. The second kappa shape index (κ2) is 14.8. The highest BCUT2D eigenvalue weighted by Crippen LogP contribution is 2.58. The molecule has 304 valence electrons. The molecular formula is C63H41NO. The van der Waals surface area contributed by atoms with Crippen LogP contribution in [0, 0.1) is 0 Å². The average molecular weight is 828 g/mol. The van der Waals surface area contributed by atoms with E-state index in [2.05, 4.69) is 254 Å². The standard InChI is InChI=1S/C63H41NO/c1-4-20-43(21-5-1)48-29-15-17-35-58(48)64(46-38-39-52-51-31-14-16-34-56(51)63(57(52)40-46,44-24-6-2-7-25-44)45-26-8-3-9-27-45)59-36-19-37-60-61(59)55-41-54(50-30-12-13-32-53(50)62(55)65-60)49-33-18-23-42-22-10-11-28-47(42)49/h1-41H. The molecule has 11 aromatic carbocycles. The summed E-state index contributed by atoms with van der Waals surface area (Å²) in [6.45, 7) is 0. The summed E-state index contributed by atoms with van der Waals surface area (Å²) in [5.41, 5.74) is 16.6. The number of benzene rings is 11. The minimum atomic E-state index is -0.560. The van der Waals surface area contributed by atoms with Crippen molar-refractivity contribution in [1.82, 2.24) is 0 Å². The Bertz CT molecular complexity index is 3730. The van der Waals surface area contributed by atoms with Crippen LogP contribution in [0.1, 0.15) is 22.3 Å². The van der Waals surface area contributed by atoms with Crippen molar-refractivity contribution < 1.29 is 4.42 Å². The predicted octanol–water partition coefficient (Wildman–Crippen LogP) is 17.1. The lowest BCUT2D eigenvalue weighted by Crippen LogP contribution is -2.28. The Morgan fingerprint density at radius 2 is 0.908 bits per heavy atom. The highest BCUT2D eigenvalue weighted by atomic mass is 16.3. The third-order valence-electron chi connectivity index (χ3n) is 13.7. The maximum Gasteiger partial charge on any atom is 0.143 e. The van der Waals surface area contributed by atoms with Crippen LogP contribution in [0.3, 0.4) is 0 Å². The number of nitrogens with zero attached hydrogens (tertiary/aromatic N) is 1. The van der Waals surface area contributed by atoms with E-state index in [1.165, 1.54) is 60.7 Å². The number of hydrogen-bond acceptors (Lipinski definition) is 2. The van der Waals surface area contributed by atoms with Gasteiger partial charge in [-0.3, -0.25) is 0 Å². The minimum absolute atomic E-state index is 0.560. The fourth-order valence-corrected chi connectivity index (χ4v) is 11.0. The molecule has 1 aliphatic rings. The molecule has 2 nitrogen and oxygen atoms in total. The first-order valence-electron chi connectivity index (χ1n) is 22.4. The molecule has 0 unspecified atom stereocenters. The highest BCUT2D eigenvalue weighted by molar-refractivity contribution is 6.23. The topological polar surface area (TPSA) is 16.4 Å².